The summed E-state index contributed by atoms with van der Waals surface area (Å²) < 4.78 is 16.2. The molecule has 0 saturated heterocycles. The van der Waals surface area contributed by atoms with Crippen LogP contribution in [0.2, 0.25) is 0 Å². The Labute approximate surface area is 136 Å². The Morgan fingerprint density at radius 2 is 2.05 bits per heavy atom. The first-order valence-corrected chi connectivity index (χ1v) is 5.46. The Balaban J connectivity index is 0.00000441. The van der Waals surface area contributed by atoms with Gasteiger partial charge in [-0.15, -0.1) is 0 Å². The van der Waals surface area contributed by atoms with Gasteiger partial charge in [0.25, 0.3) is 1.43 Å². The van der Waals surface area contributed by atoms with Crippen LogP contribution < -0.4 is 15.4 Å². The first kappa shape index (κ1) is 17.0. The van der Waals surface area contributed by atoms with Crippen molar-refractivity contribution >= 4 is 18.0 Å². The minimum Gasteiger partial charge on any atom is -0.508 e. The number of benzene rings is 1. The van der Waals surface area contributed by atoms with Gasteiger partial charge in [-0.3, -0.25) is 22.0 Å². The maximum Gasteiger partial charge on any atom is 0.415 e. The average Bonchev–Trinajstić information content (AvgIpc) is 2.47. The SMILES string of the molecule is [3H]Oc1ccccc1OC(=O)NCOC(=O)CC(=O)N[CH2-].[W]. The molecule has 0 radical (unpaired) electrons. The molecule has 0 atom stereocenters. The molecule has 0 aliphatic carbocycles. The van der Waals surface area contributed by atoms with Crippen LogP contribution in [-0.2, 0) is 35.4 Å². The fraction of sp³-hybridized carbons (Fsp3) is 0.167. The van der Waals surface area contributed by atoms with E-state index >= 15 is 0 Å². The molecular weight excluding hydrogens is 452 g/mol. The maximum absolute atomic E-state index is 11.4. The first-order chi connectivity index (χ1) is 10.1. The molecule has 1 aromatic carbocycles. The number of para-hydroxylation sites is 2. The van der Waals surface area contributed by atoms with Gasteiger partial charge in [-0.1, -0.05) is 12.1 Å². The second-order valence-electron chi connectivity index (χ2n) is 3.45. The van der Waals surface area contributed by atoms with Gasteiger partial charge in [0.1, 0.15) is 6.42 Å². The standard InChI is InChI=1S/C12H13N2O6.W/c1-13-10(16)6-11(17)19-7-14-12(18)20-9-5-3-2-4-8(9)15;/h2-5,15H,1,6-7H2,(H,13,16)(H,14,18);/q-1;/i/hT. The molecule has 3 N–H and O–H groups in total. The van der Waals surface area contributed by atoms with Crippen molar-refractivity contribution in [1.29, 1.82) is 1.43 Å². The van der Waals surface area contributed by atoms with E-state index in [-0.39, 0.29) is 32.6 Å². The van der Waals surface area contributed by atoms with E-state index in [4.69, 9.17) is 6.17 Å². The van der Waals surface area contributed by atoms with E-state index in [0.717, 1.165) is 0 Å². The molecule has 1 rings (SSSR count). The van der Waals surface area contributed by atoms with E-state index in [1.807, 2.05) is 5.32 Å². The van der Waals surface area contributed by atoms with Crippen molar-refractivity contribution in [2.24, 2.45) is 0 Å². The summed E-state index contributed by atoms with van der Waals surface area (Å²) in [5.41, 5.74) is 0. The van der Waals surface area contributed by atoms with Crippen molar-refractivity contribution in [2.75, 3.05) is 6.73 Å². The van der Waals surface area contributed by atoms with Gasteiger partial charge >= 0.3 is 12.1 Å². The number of ether oxygens (including phenoxy) is 2. The summed E-state index contributed by atoms with van der Waals surface area (Å²) in [6.45, 7) is -0.466. The fourth-order valence-corrected chi connectivity index (χ4v) is 1.09. The van der Waals surface area contributed by atoms with Crippen LogP contribution >= 0.6 is 0 Å². The first-order valence-electron chi connectivity index (χ1n) is 5.87. The van der Waals surface area contributed by atoms with Gasteiger partial charge in [0.2, 0.25) is 5.91 Å². The molecule has 0 unspecified atom stereocenters. The number of amides is 2. The molecule has 0 bridgehead atoms. The Morgan fingerprint density at radius 1 is 1.33 bits per heavy atom. The average molecular weight is 467 g/mol. The summed E-state index contributed by atoms with van der Waals surface area (Å²) in [6.07, 6.45) is -1.41. The zero-order valence-electron chi connectivity index (χ0n) is 11.8. The third-order valence-electron chi connectivity index (χ3n) is 2.00. The van der Waals surface area contributed by atoms with Crippen LogP contribution in [0, 0.1) is 7.05 Å². The second kappa shape index (κ2) is 9.76. The molecule has 8 nitrogen and oxygen atoms in total. The molecule has 0 saturated carbocycles. The topological polar surface area (TPSA) is 114 Å². The smallest absolute Gasteiger partial charge is 0.415 e. The van der Waals surface area contributed by atoms with Crippen LogP contribution in [0.3, 0.4) is 0 Å². The van der Waals surface area contributed by atoms with Crippen LogP contribution in [0.25, 0.3) is 0 Å². The zero-order valence-corrected chi connectivity index (χ0v) is 13.7. The molecule has 0 heterocycles. The van der Waals surface area contributed by atoms with E-state index in [1.54, 1.807) is 12.1 Å². The number of nitrogens with one attached hydrogen (secondary N) is 2. The summed E-state index contributed by atoms with van der Waals surface area (Å²) in [5, 5.41) is 8.40. The van der Waals surface area contributed by atoms with Crippen molar-refractivity contribution in [3.05, 3.63) is 31.3 Å². The van der Waals surface area contributed by atoms with Gasteiger partial charge in [-0.05, 0) is 12.1 Å². The maximum atomic E-state index is 11.4. The normalized spacial score (nSPS) is 9.48. The van der Waals surface area contributed by atoms with Crippen molar-refractivity contribution in [1.82, 2.24) is 10.6 Å². The van der Waals surface area contributed by atoms with Crippen molar-refractivity contribution < 1.29 is 50.0 Å². The molecule has 21 heavy (non-hydrogen) atoms. The van der Waals surface area contributed by atoms with Crippen LogP contribution in [0.4, 0.5) is 4.79 Å². The van der Waals surface area contributed by atoms with E-state index in [9.17, 15) is 14.4 Å². The van der Waals surface area contributed by atoms with Crippen molar-refractivity contribution in [3.8, 4) is 11.5 Å². The quantitative estimate of drug-likeness (QED) is 0.240. The number of phenols is 1. The van der Waals surface area contributed by atoms with E-state index in [1.165, 1.54) is 12.1 Å². The van der Waals surface area contributed by atoms with Gasteiger partial charge < -0.3 is 19.9 Å². The van der Waals surface area contributed by atoms with Gasteiger partial charge in [0, 0.05) is 21.1 Å². The number of aromatic hydroxyl groups is 1. The Bertz CT molecular complexity index is 528. The number of hydrogen-bond acceptors (Lipinski definition) is 6. The summed E-state index contributed by atoms with van der Waals surface area (Å²) in [6, 6.07) is 6.05. The van der Waals surface area contributed by atoms with Gasteiger partial charge in [0.05, 0.1) is 0 Å². The molecule has 0 aliphatic rings. The summed E-state index contributed by atoms with van der Waals surface area (Å²) in [7, 11) is 3.09. The Morgan fingerprint density at radius 3 is 2.71 bits per heavy atom. The monoisotopic (exact) mass is 467 g/mol. The molecule has 0 aliphatic heterocycles. The number of phenolic OH excluding ortho intramolecular Hbond substituents is 1. The predicted molar refractivity (Wildman–Crippen MR) is 66.3 cm³/mol. The minimum absolute atomic E-state index is 0. The van der Waals surface area contributed by atoms with E-state index < -0.39 is 31.1 Å². The van der Waals surface area contributed by atoms with Crippen LogP contribution in [0.5, 0.6) is 11.5 Å². The largest absolute Gasteiger partial charge is 0.508 e. The van der Waals surface area contributed by atoms with Crippen LogP contribution in [-0.4, -0.2) is 31.2 Å². The summed E-state index contributed by atoms with van der Waals surface area (Å²) in [5.74, 6) is -1.35. The van der Waals surface area contributed by atoms with Crippen LogP contribution in [0.15, 0.2) is 24.3 Å². The Kier molecular flexibility index (Phi) is 7.89. The molecular formula is C12H13N2O6W-. The predicted octanol–water partition coefficient (Wildman–Crippen LogP) is 0.277. The molecule has 1 aromatic rings. The van der Waals surface area contributed by atoms with Crippen LogP contribution in [0.1, 0.15) is 6.42 Å². The number of rotatable bonds is 6. The third kappa shape index (κ3) is 7.31. The number of carbonyl (C=O) groups excluding carboxylic acids is 3. The molecule has 9 heteroatoms. The fourth-order valence-electron chi connectivity index (χ4n) is 1.09. The summed E-state index contributed by atoms with van der Waals surface area (Å²) >= 11 is 0. The van der Waals surface area contributed by atoms with Gasteiger partial charge in [-0.2, -0.15) is 0 Å². The third-order valence-corrected chi connectivity index (χ3v) is 2.00. The van der Waals surface area contributed by atoms with Gasteiger partial charge in [0.15, 0.2) is 18.2 Å². The molecule has 0 spiro atoms. The number of hydrogen-bond donors (Lipinski definition) is 3. The number of carbonyl (C=O) groups is 3. The molecule has 2 amide bonds. The molecule has 114 valence electrons. The van der Waals surface area contributed by atoms with Crippen molar-refractivity contribution in [2.45, 2.75) is 6.42 Å². The Hall–Kier alpha value is -2.08. The van der Waals surface area contributed by atoms with E-state index in [0.29, 0.717) is 0 Å². The molecule has 0 fully saturated rings. The van der Waals surface area contributed by atoms with Crippen molar-refractivity contribution in [3.63, 3.8) is 0 Å². The second-order valence-corrected chi connectivity index (χ2v) is 3.45. The zero-order chi connectivity index (χ0) is 15.7. The molecule has 0 aromatic heterocycles. The minimum atomic E-state index is -0.908. The number of esters is 1. The summed E-state index contributed by atoms with van der Waals surface area (Å²) in [4.78, 5) is 33.3. The van der Waals surface area contributed by atoms with Gasteiger partial charge in [-0.25, -0.2) is 4.79 Å². The van der Waals surface area contributed by atoms with E-state index in [2.05, 4.69) is 22.2 Å².